The summed E-state index contributed by atoms with van der Waals surface area (Å²) < 4.78 is 0. The number of nitrogens with two attached hydrogens (primary N) is 1. The molecule has 1 aliphatic heterocycles. The minimum absolute atomic E-state index is 0.252. The van der Waals surface area contributed by atoms with Crippen LogP contribution in [0.4, 0.5) is 0 Å². The van der Waals surface area contributed by atoms with E-state index in [0.29, 0.717) is 28.5 Å². The lowest BCUT2D eigenvalue weighted by Crippen LogP contribution is -2.49. The van der Waals surface area contributed by atoms with E-state index >= 15 is 0 Å². The topological polar surface area (TPSA) is 29.3 Å². The van der Waals surface area contributed by atoms with E-state index in [0.717, 1.165) is 12.1 Å². The Morgan fingerprint density at radius 2 is 2.16 bits per heavy atom. The molecule has 1 saturated heterocycles. The molecule has 0 aliphatic carbocycles. The van der Waals surface area contributed by atoms with E-state index in [4.69, 9.17) is 28.9 Å². The van der Waals surface area contributed by atoms with Gasteiger partial charge < -0.3 is 5.73 Å². The van der Waals surface area contributed by atoms with Crippen molar-refractivity contribution >= 4 is 23.2 Å². The summed E-state index contributed by atoms with van der Waals surface area (Å²) in [6, 6.07) is 6.54. The first-order valence-electron chi connectivity index (χ1n) is 6.96. The van der Waals surface area contributed by atoms with Crippen LogP contribution in [-0.4, -0.2) is 24.0 Å². The number of benzene rings is 1. The Hall–Kier alpha value is -0.280. The summed E-state index contributed by atoms with van der Waals surface area (Å²) in [6.07, 6.45) is 2.48. The molecule has 2 nitrogen and oxygen atoms in total. The largest absolute Gasteiger partial charge is 0.329 e. The summed E-state index contributed by atoms with van der Waals surface area (Å²) in [5.74, 6) is 0.638. The van der Waals surface area contributed by atoms with Crippen LogP contribution in [0.2, 0.25) is 10.0 Å². The molecule has 3 unspecified atom stereocenters. The molecule has 0 radical (unpaired) electrons. The summed E-state index contributed by atoms with van der Waals surface area (Å²) in [4.78, 5) is 2.48. The van der Waals surface area contributed by atoms with Crippen molar-refractivity contribution in [2.75, 3.05) is 13.1 Å². The molecule has 3 atom stereocenters. The normalized spacial score (nSPS) is 26.4. The van der Waals surface area contributed by atoms with E-state index in [9.17, 15) is 0 Å². The molecule has 4 heteroatoms. The Kier molecular flexibility index (Phi) is 5.13. The molecular weight excluding hydrogens is 279 g/mol. The molecule has 1 aromatic rings. The van der Waals surface area contributed by atoms with E-state index in [1.807, 2.05) is 12.1 Å². The van der Waals surface area contributed by atoms with Crippen molar-refractivity contribution in [1.82, 2.24) is 4.90 Å². The van der Waals surface area contributed by atoms with Gasteiger partial charge in [-0.15, -0.1) is 0 Å². The zero-order valence-corrected chi connectivity index (χ0v) is 13.1. The van der Waals surface area contributed by atoms with Crippen molar-refractivity contribution in [2.24, 2.45) is 11.7 Å². The van der Waals surface area contributed by atoms with Crippen molar-refractivity contribution in [3.05, 3.63) is 33.8 Å². The maximum absolute atomic E-state index is 6.34. The van der Waals surface area contributed by atoms with Gasteiger partial charge in [-0.1, -0.05) is 42.3 Å². The molecule has 106 valence electrons. The van der Waals surface area contributed by atoms with Gasteiger partial charge in [-0.2, -0.15) is 0 Å². The maximum Gasteiger partial charge on any atom is 0.0640 e. The number of piperidine rings is 1. The Morgan fingerprint density at radius 3 is 2.84 bits per heavy atom. The Labute approximate surface area is 125 Å². The van der Waals surface area contributed by atoms with Crippen molar-refractivity contribution in [1.29, 1.82) is 0 Å². The number of halogens is 2. The molecule has 2 N–H and O–H groups in total. The summed E-state index contributed by atoms with van der Waals surface area (Å²) >= 11 is 12.5. The van der Waals surface area contributed by atoms with Gasteiger partial charge in [-0.05, 0) is 43.9 Å². The Bertz CT molecular complexity index is 436. The molecular formula is C15H22Cl2N2. The van der Waals surface area contributed by atoms with E-state index < -0.39 is 0 Å². The molecule has 1 aliphatic rings. The first-order chi connectivity index (χ1) is 9.06. The predicted molar refractivity (Wildman–Crippen MR) is 82.8 cm³/mol. The van der Waals surface area contributed by atoms with Crippen molar-refractivity contribution < 1.29 is 0 Å². The van der Waals surface area contributed by atoms with Crippen LogP contribution in [0.25, 0.3) is 0 Å². The first kappa shape index (κ1) is 15.1. The molecule has 1 aromatic carbocycles. The zero-order chi connectivity index (χ0) is 14.0. The highest BCUT2D eigenvalue weighted by molar-refractivity contribution is 6.42. The fourth-order valence-electron chi connectivity index (χ4n) is 3.15. The monoisotopic (exact) mass is 300 g/mol. The average molecular weight is 301 g/mol. The molecule has 19 heavy (non-hydrogen) atoms. The summed E-state index contributed by atoms with van der Waals surface area (Å²) in [5.41, 5.74) is 7.07. The molecule has 0 saturated carbocycles. The van der Waals surface area contributed by atoms with Crippen LogP contribution < -0.4 is 5.73 Å². The maximum atomic E-state index is 6.34. The molecule has 1 heterocycles. The van der Waals surface area contributed by atoms with Gasteiger partial charge in [0.25, 0.3) is 0 Å². The second-order valence-corrected chi connectivity index (χ2v) is 6.26. The summed E-state index contributed by atoms with van der Waals surface area (Å²) in [6.45, 7) is 6.26. The third kappa shape index (κ3) is 3.08. The standard InChI is InChI=1S/C15H22Cl2N2/c1-10-5-4-8-19(14(10)9-18)11(2)12-6-3-7-13(16)15(12)17/h3,6-7,10-11,14H,4-5,8-9,18H2,1-2H3. The van der Waals surface area contributed by atoms with Gasteiger partial charge in [-0.25, -0.2) is 0 Å². The Morgan fingerprint density at radius 1 is 1.42 bits per heavy atom. The molecule has 0 bridgehead atoms. The summed E-state index contributed by atoms with van der Waals surface area (Å²) in [7, 11) is 0. The smallest absolute Gasteiger partial charge is 0.0640 e. The van der Waals surface area contributed by atoms with Gasteiger partial charge in [0.2, 0.25) is 0 Å². The minimum Gasteiger partial charge on any atom is -0.329 e. The third-order valence-corrected chi connectivity index (χ3v) is 5.16. The van der Waals surface area contributed by atoms with Gasteiger partial charge >= 0.3 is 0 Å². The van der Waals surface area contributed by atoms with Gasteiger partial charge in [-0.3, -0.25) is 4.90 Å². The lowest BCUT2D eigenvalue weighted by atomic mass is 9.88. The second-order valence-electron chi connectivity index (χ2n) is 5.48. The lowest BCUT2D eigenvalue weighted by molar-refractivity contribution is 0.0690. The molecule has 1 fully saturated rings. The number of nitrogens with zero attached hydrogens (tertiary/aromatic N) is 1. The highest BCUT2D eigenvalue weighted by atomic mass is 35.5. The van der Waals surface area contributed by atoms with Gasteiger partial charge in [0.1, 0.15) is 0 Å². The minimum atomic E-state index is 0.252. The van der Waals surface area contributed by atoms with Crippen LogP contribution in [0.3, 0.4) is 0 Å². The van der Waals surface area contributed by atoms with Crippen LogP contribution >= 0.6 is 23.2 Å². The molecule has 2 rings (SSSR count). The van der Waals surface area contributed by atoms with Crippen molar-refractivity contribution in [3.8, 4) is 0 Å². The van der Waals surface area contributed by atoms with Crippen LogP contribution in [0.5, 0.6) is 0 Å². The van der Waals surface area contributed by atoms with Crippen LogP contribution in [0.15, 0.2) is 18.2 Å². The SMILES string of the molecule is CC1CCCN(C(C)c2cccc(Cl)c2Cl)C1CN. The van der Waals surface area contributed by atoms with E-state index in [1.165, 1.54) is 12.8 Å². The zero-order valence-electron chi connectivity index (χ0n) is 11.6. The van der Waals surface area contributed by atoms with Crippen LogP contribution in [0, 0.1) is 5.92 Å². The fourth-order valence-corrected chi connectivity index (χ4v) is 3.62. The molecule has 0 amide bonds. The van der Waals surface area contributed by atoms with Crippen molar-refractivity contribution in [3.63, 3.8) is 0 Å². The first-order valence-corrected chi connectivity index (χ1v) is 7.71. The second kappa shape index (κ2) is 6.45. The number of hydrogen-bond acceptors (Lipinski definition) is 2. The quantitative estimate of drug-likeness (QED) is 0.910. The van der Waals surface area contributed by atoms with Gasteiger partial charge in [0.15, 0.2) is 0 Å². The lowest BCUT2D eigenvalue weighted by Gasteiger charge is -2.43. The average Bonchev–Trinajstić information content (AvgIpc) is 2.41. The number of hydrogen-bond donors (Lipinski definition) is 1. The van der Waals surface area contributed by atoms with Crippen molar-refractivity contribution in [2.45, 2.75) is 38.8 Å². The van der Waals surface area contributed by atoms with E-state index in [1.54, 1.807) is 0 Å². The number of rotatable bonds is 3. The molecule has 0 spiro atoms. The fraction of sp³-hybridized carbons (Fsp3) is 0.600. The van der Waals surface area contributed by atoms with Gasteiger partial charge in [0, 0.05) is 18.6 Å². The van der Waals surface area contributed by atoms with E-state index in [-0.39, 0.29) is 6.04 Å². The summed E-state index contributed by atoms with van der Waals surface area (Å²) in [5, 5.41) is 1.30. The van der Waals surface area contributed by atoms with Gasteiger partial charge in [0.05, 0.1) is 10.0 Å². The highest BCUT2D eigenvalue weighted by Gasteiger charge is 2.31. The predicted octanol–water partition coefficient (Wildman–Crippen LogP) is 4.11. The molecule has 0 aromatic heterocycles. The highest BCUT2D eigenvalue weighted by Crippen LogP contribution is 2.36. The van der Waals surface area contributed by atoms with E-state index in [2.05, 4.69) is 24.8 Å². The van der Waals surface area contributed by atoms with Crippen LogP contribution in [0.1, 0.15) is 38.3 Å². The van der Waals surface area contributed by atoms with Crippen LogP contribution in [-0.2, 0) is 0 Å². The number of likely N-dealkylation sites (tertiary alicyclic amines) is 1. The Balaban J connectivity index is 2.26. The third-order valence-electron chi connectivity index (χ3n) is 4.33.